The second-order valence-corrected chi connectivity index (χ2v) is 19.3. The first kappa shape index (κ1) is 59.0. The number of rotatable bonds is 45. The maximum absolute atomic E-state index is 12.7. The molecule has 0 aromatic carbocycles. The van der Waals surface area contributed by atoms with Gasteiger partial charge < -0.3 is 18.9 Å². The Labute approximate surface area is 375 Å². The molecular weight excluding hydrogens is 786 g/mol. The molecule has 0 aliphatic heterocycles. The molecule has 0 aliphatic carbocycles. The highest BCUT2D eigenvalue weighted by molar-refractivity contribution is 7.47. The molecule has 61 heavy (non-hydrogen) atoms. The summed E-state index contributed by atoms with van der Waals surface area (Å²) in [6.07, 6.45) is 51.6. The smallest absolute Gasteiger partial charge is 0.462 e. The molecule has 0 aliphatic rings. The predicted octanol–water partition coefficient (Wildman–Crippen LogP) is 14.6. The van der Waals surface area contributed by atoms with Crippen LogP contribution < -0.4 is 0 Å². The fraction of sp³-hybridized carbons (Fsp3) is 0.804. The average Bonchev–Trinajstić information content (AvgIpc) is 3.21. The van der Waals surface area contributed by atoms with Gasteiger partial charge in [-0.05, 0) is 51.4 Å². The molecule has 0 spiro atoms. The first-order valence-electron chi connectivity index (χ1n) is 24.9. The quantitative estimate of drug-likeness (QED) is 0.0212. The van der Waals surface area contributed by atoms with Crippen molar-refractivity contribution in [3.63, 3.8) is 0 Å². The first-order chi connectivity index (χ1) is 29.5. The number of hydrogen-bond acceptors (Lipinski definition) is 7. The van der Waals surface area contributed by atoms with Crippen LogP contribution in [0.4, 0.5) is 0 Å². The lowest BCUT2D eigenvalue weighted by Gasteiger charge is -2.24. The minimum Gasteiger partial charge on any atom is -0.462 e. The predicted molar refractivity (Wildman–Crippen MR) is 257 cm³/mol. The van der Waals surface area contributed by atoms with Crippen molar-refractivity contribution in [2.45, 2.75) is 219 Å². The Morgan fingerprint density at radius 2 is 0.934 bits per heavy atom. The third-order valence-electron chi connectivity index (χ3n) is 10.6. The van der Waals surface area contributed by atoms with Crippen LogP contribution >= 0.6 is 7.82 Å². The fourth-order valence-corrected chi connectivity index (χ4v) is 7.51. The van der Waals surface area contributed by atoms with E-state index in [9.17, 15) is 19.0 Å². The number of carbonyl (C=O) groups is 2. The summed E-state index contributed by atoms with van der Waals surface area (Å²) in [5.74, 6) is -0.808. The van der Waals surface area contributed by atoms with E-state index < -0.39 is 26.5 Å². The van der Waals surface area contributed by atoms with Crippen molar-refractivity contribution in [3.05, 3.63) is 48.6 Å². The summed E-state index contributed by atoms with van der Waals surface area (Å²) in [6, 6.07) is 0. The summed E-state index contributed by atoms with van der Waals surface area (Å²) in [5, 5.41) is 0. The van der Waals surface area contributed by atoms with Crippen molar-refractivity contribution in [1.29, 1.82) is 0 Å². The highest BCUT2D eigenvalue weighted by Gasteiger charge is 2.27. The third-order valence-corrected chi connectivity index (χ3v) is 11.6. The van der Waals surface area contributed by atoms with Gasteiger partial charge in [-0.2, -0.15) is 0 Å². The van der Waals surface area contributed by atoms with E-state index in [4.69, 9.17) is 18.5 Å². The summed E-state index contributed by atoms with van der Waals surface area (Å²) < 4.78 is 34.4. The molecule has 2 unspecified atom stereocenters. The second kappa shape index (κ2) is 43.2. The number of carbonyl (C=O) groups excluding carboxylic acids is 2. The molecule has 0 fully saturated rings. The molecule has 2 atom stereocenters. The van der Waals surface area contributed by atoms with E-state index in [1.54, 1.807) is 0 Å². The minimum atomic E-state index is -4.38. The molecule has 10 heteroatoms. The number of ether oxygens (including phenoxy) is 2. The first-order valence-corrected chi connectivity index (χ1v) is 26.4. The largest absolute Gasteiger partial charge is 0.472 e. The van der Waals surface area contributed by atoms with Crippen LogP contribution in [-0.4, -0.2) is 74.9 Å². The van der Waals surface area contributed by atoms with E-state index in [-0.39, 0.29) is 32.0 Å². The van der Waals surface area contributed by atoms with Crippen molar-refractivity contribution in [3.8, 4) is 0 Å². The van der Waals surface area contributed by atoms with Crippen molar-refractivity contribution < 1.29 is 42.1 Å². The van der Waals surface area contributed by atoms with Crippen LogP contribution in [-0.2, 0) is 32.7 Å². The van der Waals surface area contributed by atoms with Gasteiger partial charge in [-0.15, -0.1) is 0 Å². The Kier molecular flexibility index (Phi) is 41.8. The Bertz CT molecular complexity index is 1180. The Morgan fingerprint density at radius 3 is 1.39 bits per heavy atom. The Morgan fingerprint density at radius 1 is 0.525 bits per heavy atom. The molecule has 0 heterocycles. The molecule has 0 saturated heterocycles. The van der Waals surface area contributed by atoms with Gasteiger partial charge in [0.15, 0.2) is 6.10 Å². The number of likely N-dealkylation sites (N-methyl/N-ethyl adjacent to an activating group) is 1. The molecule has 0 radical (unpaired) electrons. The van der Waals surface area contributed by atoms with Crippen LogP contribution in [0.2, 0.25) is 0 Å². The van der Waals surface area contributed by atoms with Gasteiger partial charge in [0.1, 0.15) is 19.8 Å². The van der Waals surface area contributed by atoms with Crippen LogP contribution in [0, 0.1) is 0 Å². The van der Waals surface area contributed by atoms with E-state index in [1.165, 1.54) is 96.3 Å². The highest BCUT2D eigenvalue weighted by atomic mass is 31.2. The van der Waals surface area contributed by atoms with Crippen LogP contribution in [0.15, 0.2) is 48.6 Å². The second-order valence-electron chi connectivity index (χ2n) is 17.8. The lowest BCUT2D eigenvalue weighted by Crippen LogP contribution is -2.37. The summed E-state index contributed by atoms with van der Waals surface area (Å²) in [6.45, 7) is 4.32. The van der Waals surface area contributed by atoms with Gasteiger partial charge in [-0.25, -0.2) is 4.57 Å². The van der Waals surface area contributed by atoms with Gasteiger partial charge in [0, 0.05) is 12.8 Å². The van der Waals surface area contributed by atoms with Crippen LogP contribution in [0.1, 0.15) is 213 Å². The van der Waals surface area contributed by atoms with Crippen molar-refractivity contribution in [2.75, 3.05) is 47.5 Å². The summed E-state index contributed by atoms with van der Waals surface area (Å²) in [7, 11) is 1.47. The van der Waals surface area contributed by atoms with Gasteiger partial charge in [0.2, 0.25) is 0 Å². The van der Waals surface area contributed by atoms with Crippen molar-refractivity contribution >= 4 is 19.8 Å². The fourth-order valence-electron chi connectivity index (χ4n) is 6.77. The zero-order valence-electron chi connectivity index (χ0n) is 40.1. The molecule has 0 aromatic rings. The molecule has 0 amide bonds. The van der Waals surface area contributed by atoms with Crippen molar-refractivity contribution in [2.24, 2.45) is 0 Å². The summed E-state index contributed by atoms with van der Waals surface area (Å²) >= 11 is 0. The SMILES string of the molecule is CC/C=C\C/C=C\C/C=C\C/C=C\CCCCCCCCC(=O)OC(COC(=O)CCCCCCCCCCCCCCCCCCCC)COP(=O)(O)OCC[N+](C)(C)C. The molecule has 0 rings (SSSR count). The topological polar surface area (TPSA) is 108 Å². The van der Waals surface area contributed by atoms with E-state index in [1.807, 2.05) is 21.1 Å². The van der Waals surface area contributed by atoms with Gasteiger partial charge in [-0.3, -0.25) is 18.6 Å². The van der Waals surface area contributed by atoms with E-state index in [0.717, 1.165) is 83.5 Å². The zero-order valence-corrected chi connectivity index (χ0v) is 41.0. The Balaban J connectivity index is 4.29. The number of esters is 2. The van der Waals surface area contributed by atoms with E-state index >= 15 is 0 Å². The molecule has 0 bridgehead atoms. The summed E-state index contributed by atoms with van der Waals surface area (Å²) in [4.78, 5) is 35.5. The molecule has 1 N–H and O–H groups in total. The molecular formula is C51H95NO8P+. The monoisotopic (exact) mass is 881 g/mol. The number of phosphoric acid groups is 1. The van der Waals surface area contributed by atoms with Crippen LogP contribution in [0.25, 0.3) is 0 Å². The standard InChI is InChI=1S/C51H94NO8P/c1-6-8-10-12-14-16-18-20-22-24-26-28-30-32-34-36-38-40-42-44-51(54)60-49(48-59-61(55,56)58-46-45-52(3,4)5)47-57-50(53)43-41-39-37-35-33-31-29-27-25-23-21-19-17-15-13-11-9-7-2/h8,10,14,16,20,22,26,28,49H,6-7,9,11-13,15,17-19,21,23-25,27,29-48H2,1-5H3/p+1/b10-8-,16-14-,22-20-,28-26-. The lowest BCUT2D eigenvalue weighted by molar-refractivity contribution is -0.870. The molecule has 0 aromatic heterocycles. The number of quaternary nitrogens is 1. The molecule has 9 nitrogen and oxygen atoms in total. The highest BCUT2D eigenvalue weighted by Crippen LogP contribution is 2.43. The maximum Gasteiger partial charge on any atom is 0.472 e. The number of allylic oxidation sites excluding steroid dienone is 8. The normalized spacial score (nSPS) is 13.9. The van der Waals surface area contributed by atoms with Crippen molar-refractivity contribution in [1.82, 2.24) is 0 Å². The number of nitrogens with zero attached hydrogens (tertiary/aromatic N) is 1. The van der Waals surface area contributed by atoms with Gasteiger partial charge in [-0.1, -0.05) is 197 Å². The van der Waals surface area contributed by atoms with Crippen LogP contribution in [0.3, 0.4) is 0 Å². The van der Waals surface area contributed by atoms with E-state index in [2.05, 4.69) is 62.5 Å². The Hall–Kier alpha value is -2.03. The van der Waals surface area contributed by atoms with Gasteiger partial charge in [0.05, 0.1) is 27.7 Å². The lowest BCUT2D eigenvalue weighted by atomic mass is 10.0. The third kappa shape index (κ3) is 47.3. The number of phosphoric ester groups is 1. The molecule has 356 valence electrons. The number of unbranched alkanes of at least 4 members (excludes halogenated alkanes) is 23. The average molecular weight is 881 g/mol. The minimum absolute atomic E-state index is 0.0283. The van der Waals surface area contributed by atoms with Crippen LogP contribution in [0.5, 0.6) is 0 Å². The van der Waals surface area contributed by atoms with E-state index in [0.29, 0.717) is 17.4 Å². The number of hydrogen-bond donors (Lipinski definition) is 1. The maximum atomic E-state index is 12.7. The van der Waals surface area contributed by atoms with Gasteiger partial charge >= 0.3 is 19.8 Å². The van der Waals surface area contributed by atoms with Gasteiger partial charge in [0.25, 0.3) is 0 Å². The zero-order chi connectivity index (χ0) is 45.0. The molecule has 0 saturated carbocycles. The summed E-state index contributed by atoms with van der Waals surface area (Å²) in [5.41, 5.74) is 0.